The van der Waals surface area contributed by atoms with E-state index in [1.807, 2.05) is 0 Å². The fraction of sp³-hybridized carbons (Fsp3) is 0.500. The lowest BCUT2D eigenvalue weighted by atomic mass is 11.8. The molecule has 0 aliphatic heterocycles. The number of carbonyl (C=O) groups excluding carboxylic acids is 2. The Labute approximate surface area is 24.4 Å². The summed E-state index contributed by atoms with van der Waals surface area (Å²) in [7, 11) is 0. The van der Waals surface area contributed by atoms with Gasteiger partial charge in [0.1, 0.15) is 0 Å². The molecule has 0 N–H and O–H groups in total. The van der Waals surface area contributed by atoms with Crippen LogP contribution in [0, 0.1) is 0 Å². The second-order valence-electron chi connectivity index (χ2n) is 0.0833. The molecule has 0 spiro atoms. The van der Waals surface area contributed by atoms with Crippen LogP contribution in [-0.4, -0.2) is 6.15 Å². The van der Waals surface area contributed by atoms with Gasteiger partial charge in [-0.15, -0.1) is 0 Å². The van der Waals surface area contributed by atoms with Crippen LogP contribution in [0.2, 0.25) is 0 Å². The Morgan fingerprint density at radius 3 is 1.25 bits per heavy atom. The lowest BCUT2D eigenvalue weighted by Crippen LogP contribution is -1.22. The second-order valence-corrected chi connectivity index (χ2v) is 0.0833. The van der Waals surface area contributed by atoms with Crippen LogP contribution in [0.3, 0.4) is 0 Å². The van der Waals surface area contributed by atoms with Crippen LogP contribution in [0.4, 0.5) is 0 Å². The van der Waals surface area contributed by atoms with E-state index in [1.54, 1.807) is 0 Å². The molecule has 0 aromatic heterocycles. The van der Waals surface area contributed by atoms with Gasteiger partial charge < -0.3 is 0 Å². The first kappa shape index (κ1) is 10.1. The normalized spacial score (nSPS) is 2.00. The van der Waals surface area contributed by atoms with Crippen LogP contribution in [0.25, 0.3) is 0 Å². The smallest absolute Gasteiger partial charge is 0.186 e. The molecule has 0 amide bonds. The zero-order valence-corrected chi connectivity index (χ0v) is 1.32. The summed E-state index contributed by atoms with van der Waals surface area (Å²) in [6.07, 6.45) is 0.250. The van der Waals surface area contributed by atoms with Gasteiger partial charge in [0, 0.05) is 0 Å². The predicted octanol–water partition coefficient (Wildman–Crippen LogP) is 0.0526. The van der Waals surface area contributed by atoms with Gasteiger partial charge >= 0.3 is 6.15 Å². The Kier molecular flexibility index (Phi) is 78.9. The van der Waals surface area contributed by atoms with E-state index < -0.39 is 0 Å². The summed E-state index contributed by atoms with van der Waals surface area (Å²) >= 11 is 0. The summed E-state index contributed by atoms with van der Waals surface area (Å²) in [6.45, 7) is 0. The van der Waals surface area contributed by atoms with E-state index >= 15 is 0 Å². The van der Waals surface area contributed by atoms with Crippen molar-refractivity contribution in [3.8, 4) is 0 Å². The van der Waals surface area contributed by atoms with Crippen LogP contribution in [-0.2, 0) is 9.59 Å². The molecule has 0 heterocycles. The maximum atomic E-state index is 8.12. The van der Waals surface area contributed by atoms with Crippen molar-refractivity contribution in [2.45, 2.75) is 7.43 Å². The molecule has 0 aliphatic rings. The van der Waals surface area contributed by atoms with Gasteiger partial charge in [0.25, 0.3) is 0 Å². The lowest BCUT2D eigenvalue weighted by molar-refractivity contribution is -0.191. The number of hydrogen-bond donors (Lipinski definition) is 0. The zero-order valence-electron chi connectivity index (χ0n) is 1.32. The SMILES string of the molecule is O=C=O.[13CH4]. The lowest BCUT2D eigenvalue weighted by Gasteiger charge is -0.945. The topological polar surface area (TPSA) is 34.1 Å². The van der Waals surface area contributed by atoms with Gasteiger partial charge in [-0.3, -0.25) is 0 Å². The average Bonchev–Trinajstić information content (AvgIpc) is 0.918. The van der Waals surface area contributed by atoms with E-state index in [0.717, 1.165) is 0 Å². The molecule has 0 atom stereocenters. The standard InChI is InChI=1S/CO2.CH4/c2-1-3;/h;1H4/i;1+1. The second kappa shape index (κ2) is 31.4. The Hall–Kier alpha value is -0.620. The van der Waals surface area contributed by atoms with Crippen molar-refractivity contribution in [1.82, 2.24) is 0 Å². The first-order valence-electron chi connectivity index (χ1n) is 0.408. The molecule has 4 heavy (non-hydrogen) atoms. The van der Waals surface area contributed by atoms with E-state index in [4.69, 9.17) is 9.59 Å². The summed E-state index contributed by atoms with van der Waals surface area (Å²) in [5.74, 6) is 0. The van der Waals surface area contributed by atoms with Crippen molar-refractivity contribution in [2.24, 2.45) is 0 Å². The first-order valence-corrected chi connectivity index (χ1v) is 0.408. The summed E-state index contributed by atoms with van der Waals surface area (Å²) in [5, 5.41) is 0. The Balaban J connectivity index is 0. The number of rotatable bonds is 0. The fourth-order valence-corrected chi connectivity index (χ4v) is 0. The molecular formula is C2H4O2. The van der Waals surface area contributed by atoms with E-state index in [9.17, 15) is 0 Å². The highest BCUT2D eigenvalue weighted by atomic mass is 16.2. The molecule has 0 rings (SSSR count). The molecular weight excluding hydrogens is 57.0 g/mol. The van der Waals surface area contributed by atoms with E-state index in [2.05, 4.69) is 0 Å². The van der Waals surface area contributed by atoms with Crippen molar-refractivity contribution in [3.05, 3.63) is 0 Å². The third-order valence-corrected chi connectivity index (χ3v) is 0. The summed E-state index contributed by atoms with van der Waals surface area (Å²) in [4.78, 5) is 16.2. The van der Waals surface area contributed by atoms with Crippen LogP contribution >= 0.6 is 0 Å². The minimum Gasteiger partial charge on any atom is -0.186 e. The van der Waals surface area contributed by atoms with E-state index in [-0.39, 0.29) is 13.6 Å². The highest BCUT2D eigenvalue weighted by Crippen LogP contribution is 0.787. The van der Waals surface area contributed by atoms with Gasteiger partial charge in [-0.2, -0.15) is 9.59 Å². The van der Waals surface area contributed by atoms with E-state index in [0.29, 0.717) is 0 Å². The van der Waals surface area contributed by atoms with E-state index in [1.165, 1.54) is 0 Å². The Morgan fingerprint density at radius 2 is 1.25 bits per heavy atom. The monoisotopic (exact) mass is 61.0 g/mol. The van der Waals surface area contributed by atoms with Crippen LogP contribution in [0.15, 0.2) is 0 Å². The average molecular weight is 61.0 g/mol. The van der Waals surface area contributed by atoms with Gasteiger partial charge in [-0.25, -0.2) is 0 Å². The summed E-state index contributed by atoms with van der Waals surface area (Å²) in [6, 6.07) is 0. The molecule has 0 bridgehead atoms. The summed E-state index contributed by atoms with van der Waals surface area (Å²) in [5.41, 5.74) is 0. The molecule has 0 aromatic carbocycles. The fourth-order valence-electron chi connectivity index (χ4n) is 0. The van der Waals surface area contributed by atoms with Crippen molar-refractivity contribution >= 4 is 6.15 Å². The van der Waals surface area contributed by atoms with Crippen molar-refractivity contribution < 1.29 is 9.59 Å². The van der Waals surface area contributed by atoms with Crippen LogP contribution in [0.5, 0.6) is 0 Å². The molecule has 2 nitrogen and oxygen atoms in total. The number of hydrogen-bond acceptors (Lipinski definition) is 2. The van der Waals surface area contributed by atoms with Gasteiger partial charge in [-0.05, 0) is 0 Å². The molecule has 0 saturated carbocycles. The highest BCUT2D eigenvalue weighted by Gasteiger charge is 1.13. The minimum atomic E-state index is 0. The largest absolute Gasteiger partial charge is 0.373 e. The van der Waals surface area contributed by atoms with Gasteiger partial charge in [0.05, 0.1) is 0 Å². The molecule has 0 unspecified atom stereocenters. The van der Waals surface area contributed by atoms with Crippen molar-refractivity contribution in [1.29, 1.82) is 0 Å². The van der Waals surface area contributed by atoms with Gasteiger partial charge in [-0.1, -0.05) is 7.43 Å². The zero-order chi connectivity index (χ0) is 2.71. The summed E-state index contributed by atoms with van der Waals surface area (Å²) < 4.78 is 0. The van der Waals surface area contributed by atoms with Gasteiger partial charge in [0.15, 0.2) is 0 Å². The minimum absolute atomic E-state index is 0. The molecule has 24 valence electrons. The maximum absolute atomic E-state index is 8.12. The van der Waals surface area contributed by atoms with Crippen LogP contribution < -0.4 is 0 Å². The van der Waals surface area contributed by atoms with Crippen molar-refractivity contribution in [2.75, 3.05) is 0 Å². The quantitative estimate of drug-likeness (QED) is 0.371. The van der Waals surface area contributed by atoms with Crippen LogP contribution in [0.1, 0.15) is 7.43 Å². The molecule has 2 heteroatoms. The predicted molar refractivity (Wildman–Crippen MR) is 11.7 cm³/mol. The third kappa shape index (κ3) is 0.518. The maximum Gasteiger partial charge on any atom is 0.373 e. The Bertz CT molecular complexity index is 25.0. The van der Waals surface area contributed by atoms with Gasteiger partial charge in [0.2, 0.25) is 0 Å². The molecule has 0 fully saturated rings. The van der Waals surface area contributed by atoms with Crippen molar-refractivity contribution in [3.63, 3.8) is 0 Å². The Morgan fingerprint density at radius 1 is 1.25 bits per heavy atom. The molecule has 0 radical (unpaired) electrons. The molecule has 0 saturated heterocycles. The first-order chi connectivity index (χ1) is 1.41. The molecule has 0 aromatic rings. The molecule has 0 aliphatic carbocycles. The highest BCUT2D eigenvalue weighted by molar-refractivity contribution is 5.20. The third-order valence-electron chi connectivity index (χ3n) is 0.